The Kier molecular flexibility index (Phi) is 4.75. The molecule has 2 atom stereocenters. The van der Waals surface area contributed by atoms with Crippen molar-refractivity contribution in [2.75, 3.05) is 13.6 Å². The lowest BCUT2D eigenvalue weighted by Gasteiger charge is -2.49. The summed E-state index contributed by atoms with van der Waals surface area (Å²) in [7, 11) is 4.12. The summed E-state index contributed by atoms with van der Waals surface area (Å²) < 4.78 is 3.53. The van der Waals surface area contributed by atoms with E-state index < -0.39 is 0 Å². The second-order valence-electron chi connectivity index (χ2n) is 9.97. The number of benzene rings is 1. The summed E-state index contributed by atoms with van der Waals surface area (Å²) in [6.45, 7) is 10.1. The number of hydrogen-bond acceptors (Lipinski definition) is 4. The summed E-state index contributed by atoms with van der Waals surface area (Å²) in [5.41, 5.74) is 5.63. The molecule has 0 spiro atoms. The van der Waals surface area contributed by atoms with Gasteiger partial charge in [-0.3, -0.25) is 13.9 Å². The Bertz CT molecular complexity index is 1400. The van der Waals surface area contributed by atoms with Crippen LogP contribution in [0.15, 0.2) is 47.5 Å². The van der Waals surface area contributed by atoms with Crippen LogP contribution in [-0.2, 0) is 7.05 Å². The Morgan fingerprint density at radius 3 is 2.66 bits per heavy atom. The molecule has 4 aromatic rings. The van der Waals surface area contributed by atoms with Crippen LogP contribution in [0.5, 0.6) is 0 Å². The zero-order valence-electron chi connectivity index (χ0n) is 19.8. The molecular weight excluding hydrogens is 398 g/mol. The first kappa shape index (κ1) is 20.9. The number of fused-ring (bicyclic) bond motifs is 2. The first-order valence-corrected chi connectivity index (χ1v) is 11.3. The van der Waals surface area contributed by atoms with Crippen molar-refractivity contribution < 1.29 is 0 Å². The van der Waals surface area contributed by atoms with E-state index in [4.69, 9.17) is 4.98 Å². The molecule has 1 aliphatic rings. The average molecular weight is 430 g/mol. The van der Waals surface area contributed by atoms with Crippen LogP contribution in [0.3, 0.4) is 0 Å². The van der Waals surface area contributed by atoms with Crippen molar-refractivity contribution in [1.82, 2.24) is 24.1 Å². The Labute approximate surface area is 188 Å². The highest BCUT2D eigenvalue weighted by Gasteiger charge is 2.40. The Morgan fingerprint density at radius 2 is 1.88 bits per heavy atom. The lowest BCUT2D eigenvalue weighted by Crippen LogP contribution is -2.52. The number of nitrogens with zero attached hydrogens (tertiary/aromatic N) is 5. The van der Waals surface area contributed by atoms with Crippen molar-refractivity contribution in [3.05, 3.63) is 64.2 Å². The predicted molar refractivity (Wildman–Crippen MR) is 129 cm³/mol. The highest BCUT2D eigenvalue weighted by molar-refractivity contribution is 5.83. The van der Waals surface area contributed by atoms with E-state index in [0.29, 0.717) is 17.5 Å². The van der Waals surface area contributed by atoms with E-state index in [0.717, 1.165) is 40.6 Å². The molecule has 6 nitrogen and oxygen atoms in total. The van der Waals surface area contributed by atoms with Crippen LogP contribution in [0.1, 0.15) is 44.2 Å². The van der Waals surface area contributed by atoms with Gasteiger partial charge in [0.25, 0.3) is 5.56 Å². The summed E-state index contributed by atoms with van der Waals surface area (Å²) in [4.78, 5) is 20.5. The number of pyridine rings is 1. The molecule has 0 aliphatic carbocycles. The van der Waals surface area contributed by atoms with Crippen molar-refractivity contribution in [1.29, 1.82) is 0 Å². The van der Waals surface area contributed by atoms with Crippen molar-refractivity contribution in [2.24, 2.45) is 13.0 Å². The molecule has 0 N–H and O–H groups in total. The van der Waals surface area contributed by atoms with E-state index in [2.05, 4.69) is 50.8 Å². The third-order valence-corrected chi connectivity index (χ3v) is 7.79. The van der Waals surface area contributed by atoms with E-state index in [9.17, 15) is 4.79 Å². The van der Waals surface area contributed by atoms with Crippen LogP contribution in [0.2, 0.25) is 0 Å². The number of piperidine rings is 1. The topological polar surface area (TPSA) is 55.4 Å². The molecule has 5 rings (SSSR count). The zero-order valence-corrected chi connectivity index (χ0v) is 19.8. The van der Waals surface area contributed by atoms with Gasteiger partial charge in [-0.25, -0.2) is 4.98 Å². The van der Waals surface area contributed by atoms with Gasteiger partial charge in [0.2, 0.25) is 0 Å². The molecule has 2 unspecified atom stereocenters. The van der Waals surface area contributed by atoms with Gasteiger partial charge in [-0.1, -0.05) is 19.1 Å². The Morgan fingerprint density at radius 1 is 1.09 bits per heavy atom. The minimum atomic E-state index is -0.0407. The molecule has 1 fully saturated rings. The van der Waals surface area contributed by atoms with Gasteiger partial charge in [0.05, 0.1) is 11.2 Å². The number of rotatable bonds is 2. The third-order valence-electron chi connectivity index (χ3n) is 7.79. The normalized spacial score (nSPS) is 21.4. The lowest BCUT2D eigenvalue weighted by molar-refractivity contribution is 0.0385. The molecule has 0 bridgehead atoms. The second-order valence-corrected chi connectivity index (χ2v) is 9.97. The van der Waals surface area contributed by atoms with E-state index in [1.165, 1.54) is 5.56 Å². The van der Waals surface area contributed by atoms with Gasteiger partial charge >= 0.3 is 0 Å². The molecule has 0 saturated carbocycles. The Balaban J connectivity index is 1.60. The van der Waals surface area contributed by atoms with E-state index in [1.807, 2.05) is 37.6 Å². The maximum Gasteiger partial charge on any atom is 0.258 e. The number of hydrogen-bond donors (Lipinski definition) is 0. The van der Waals surface area contributed by atoms with Crippen molar-refractivity contribution in [3.8, 4) is 11.3 Å². The van der Waals surface area contributed by atoms with Gasteiger partial charge in [-0.2, -0.15) is 5.10 Å². The van der Waals surface area contributed by atoms with Gasteiger partial charge in [0, 0.05) is 42.0 Å². The summed E-state index contributed by atoms with van der Waals surface area (Å²) in [5.74, 6) is 0.899. The molecule has 4 heterocycles. The standard InChI is InChI=1S/C26H31N5O/c1-16-11-19(21-9-10-29(5)26(3,4)17(21)2)15-31-24(32)13-23(27-25(16)31)18-7-8-22-20(12-18)14-30(6)28-22/h7-8,11-15,17,21H,9-10H2,1-6H3. The molecule has 166 valence electrons. The van der Waals surface area contributed by atoms with Crippen LogP contribution < -0.4 is 5.56 Å². The van der Waals surface area contributed by atoms with Crippen molar-refractivity contribution in [2.45, 2.75) is 45.6 Å². The van der Waals surface area contributed by atoms with Gasteiger partial charge in [-0.15, -0.1) is 0 Å². The second kappa shape index (κ2) is 7.27. The molecule has 1 saturated heterocycles. The van der Waals surface area contributed by atoms with Crippen LogP contribution >= 0.6 is 0 Å². The quantitative estimate of drug-likeness (QED) is 0.474. The van der Waals surface area contributed by atoms with Crippen molar-refractivity contribution >= 4 is 16.6 Å². The van der Waals surface area contributed by atoms with E-state index in [1.54, 1.807) is 15.1 Å². The molecule has 0 radical (unpaired) electrons. The molecule has 1 aliphatic heterocycles. The number of aryl methyl sites for hydroxylation is 2. The summed E-state index contributed by atoms with van der Waals surface area (Å²) in [5, 5.41) is 5.47. The fraction of sp³-hybridized carbons (Fsp3) is 0.423. The van der Waals surface area contributed by atoms with Crippen LogP contribution in [0, 0.1) is 12.8 Å². The lowest BCUT2D eigenvalue weighted by atomic mass is 9.71. The van der Waals surface area contributed by atoms with Gasteiger partial charge in [-0.05, 0) is 75.9 Å². The molecule has 0 amide bonds. The van der Waals surface area contributed by atoms with Gasteiger partial charge in [0.1, 0.15) is 5.65 Å². The number of aromatic nitrogens is 4. The molecule has 1 aromatic carbocycles. The highest BCUT2D eigenvalue weighted by atomic mass is 16.1. The summed E-state index contributed by atoms with van der Waals surface area (Å²) in [6, 6.07) is 9.90. The summed E-state index contributed by atoms with van der Waals surface area (Å²) in [6.07, 6.45) is 5.10. The van der Waals surface area contributed by atoms with E-state index in [-0.39, 0.29) is 11.1 Å². The third kappa shape index (κ3) is 3.25. The predicted octanol–water partition coefficient (Wildman–Crippen LogP) is 4.39. The summed E-state index contributed by atoms with van der Waals surface area (Å²) >= 11 is 0. The average Bonchev–Trinajstić information content (AvgIpc) is 3.12. The maximum absolute atomic E-state index is 13.2. The molecule has 32 heavy (non-hydrogen) atoms. The zero-order chi connectivity index (χ0) is 22.8. The number of likely N-dealkylation sites (tertiary alicyclic amines) is 1. The maximum atomic E-state index is 13.2. The highest BCUT2D eigenvalue weighted by Crippen LogP contribution is 2.42. The van der Waals surface area contributed by atoms with Gasteiger partial charge in [0.15, 0.2) is 0 Å². The van der Waals surface area contributed by atoms with E-state index >= 15 is 0 Å². The van der Waals surface area contributed by atoms with Crippen LogP contribution in [0.25, 0.3) is 27.8 Å². The minimum absolute atomic E-state index is 0.0407. The Hall–Kier alpha value is -2.99. The monoisotopic (exact) mass is 429 g/mol. The van der Waals surface area contributed by atoms with Crippen LogP contribution in [-0.4, -0.2) is 43.2 Å². The van der Waals surface area contributed by atoms with Crippen molar-refractivity contribution in [3.63, 3.8) is 0 Å². The smallest absolute Gasteiger partial charge is 0.258 e. The minimum Gasteiger partial charge on any atom is -0.301 e. The largest absolute Gasteiger partial charge is 0.301 e. The van der Waals surface area contributed by atoms with Gasteiger partial charge < -0.3 is 4.90 Å². The SMILES string of the molecule is Cc1cc(C2CCN(C)C(C)(C)C2C)cn2c(=O)cc(-c3ccc4nn(C)cc4c3)nc12. The fourth-order valence-corrected chi connectivity index (χ4v) is 5.22. The van der Waals surface area contributed by atoms with Crippen LogP contribution in [0.4, 0.5) is 0 Å². The molecule has 3 aromatic heterocycles. The first-order chi connectivity index (χ1) is 15.1. The fourth-order valence-electron chi connectivity index (χ4n) is 5.22. The first-order valence-electron chi connectivity index (χ1n) is 11.3. The molecule has 6 heteroatoms. The molecular formula is C26H31N5O.